The Morgan fingerprint density at radius 2 is 1.49 bits per heavy atom. The van der Waals surface area contributed by atoms with Crippen LogP contribution in [0.2, 0.25) is 0 Å². The lowest BCUT2D eigenvalue weighted by Gasteiger charge is -2.39. The molecule has 0 saturated carbocycles. The molecule has 222 valence electrons. The highest BCUT2D eigenvalue weighted by Crippen LogP contribution is 2.23. The zero-order valence-corrected chi connectivity index (χ0v) is 25.7. The average molecular weight is 549 g/mol. The Morgan fingerprint density at radius 1 is 0.897 bits per heavy atom. The lowest BCUT2D eigenvalue weighted by Crippen LogP contribution is -2.58. The number of rotatable bonds is 10. The molecule has 0 aromatic rings. The lowest BCUT2D eigenvalue weighted by atomic mass is 9.95. The summed E-state index contributed by atoms with van der Waals surface area (Å²) in [5.74, 6) is -0.951. The number of carbonyl (C=O) groups is 4. The number of piperidine rings is 2. The number of ether oxygens (including phenoxy) is 1. The summed E-state index contributed by atoms with van der Waals surface area (Å²) in [5.41, 5.74) is 0.490. The summed E-state index contributed by atoms with van der Waals surface area (Å²) in [6.07, 6.45) is 7.00. The highest BCUT2D eigenvalue weighted by atomic mass is 16.5. The molecular formula is C30H52N4O5. The van der Waals surface area contributed by atoms with E-state index in [2.05, 4.69) is 24.1 Å². The third kappa shape index (κ3) is 8.29. The SMILES string of the molecule is COC(=O)C1CCCCN1C(=O)C(C)=CC(C(C)C)N(C)C(=O)[C@@H](NC(=O)[C@H]1CCCCN1C(C)C)C(C)C. The van der Waals surface area contributed by atoms with Crippen molar-refractivity contribution in [2.45, 2.75) is 117 Å². The van der Waals surface area contributed by atoms with Crippen LogP contribution >= 0.6 is 0 Å². The van der Waals surface area contributed by atoms with Gasteiger partial charge in [-0.05, 0) is 71.3 Å². The minimum Gasteiger partial charge on any atom is -0.467 e. The van der Waals surface area contributed by atoms with Gasteiger partial charge in [0.25, 0.3) is 0 Å². The van der Waals surface area contributed by atoms with Crippen LogP contribution in [0.3, 0.4) is 0 Å². The monoisotopic (exact) mass is 548 g/mol. The summed E-state index contributed by atoms with van der Waals surface area (Å²) in [5, 5.41) is 3.08. The number of hydrogen-bond donors (Lipinski definition) is 1. The summed E-state index contributed by atoms with van der Waals surface area (Å²) in [6.45, 7) is 15.2. The van der Waals surface area contributed by atoms with E-state index >= 15 is 0 Å². The van der Waals surface area contributed by atoms with Crippen molar-refractivity contribution in [1.29, 1.82) is 0 Å². The molecule has 0 aliphatic carbocycles. The van der Waals surface area contributed by atoms with Gasteiger partial charge < -0.3 is 19.9 Å². The van der Waals surface area contributed by atoms with E-state index in [9.17, 15) is 19.2 Å². The van der Waals surface area contributed by atoms with Crippen LogP contribution in [0.1, 0.15) is 87.0 Å². The number of likely N-dealkylation sites (tertiary alicyclic amines) is 2. The van der Waals surface area contributed by atoms with Crippen molar-refractivity contribution >= 4 is 23.7 Å². The molecule has 2 aliphatic rings. The molecule has 9 nitrogen and oxygen atoms in total. The van der Waals surface area contributed by atoms with Crippen LogP contribution in [0, 0.1) is 11.8 Å². The van der Waals surface area contributed by atoms with Crippen LogP contribution in [0.4, 0.5) is 0 Å². The highest BCUT2D eigenvalue weighted by molar-refractivity contribution is 5.96. The van der Waals surface area contributed by atoms with Gasteiger partial charge in [0, 0.05) is 25.2 Å². The Balaban J connectivity index is 2.23. The minimum absolute atomic E-state index is 0.0257. The summed E-state index contributed by atoms with van der Waals surface area (Å²) in [7, 11) is 3.08. The first-order valence-corrected chi connectivity index (χ1v) is 14.7. The number of esters is 1. The number of nitrogens with one attached hydrogen (secondary N) is 1. The Labute approximate surface area is 235 Å². The molecule has 0 aromatic carbocycles. The van der Waals surface area contributed by atoms with E-state index < -0.39 is 18.1 Å². The average Bonchev–Trinajstić information content (AvgIpc) is 2.92. The summed E-state index contributed by atoms with van der Waals surface area (Å²) in [4.78, 5) is 58.4. The largest absolute Gasteiger partial charge is 0.467 e. The summed E-state index contributed by atoms with van der Waals surface area (Å²) in [6, 6.07) is -1.59. The van der Waals surface area contributed by atoms with Crippen molar-refractivity contribution in [2.75, 3.05) is 27.2 Å². The number of likely N-dealkylation sites (N-methyl/N-ethyl adjacent to an activating group) is 1. The Kier molecular flexibility index (Phi) is 12.5. The van der Waals surface area contributed by atoms with Crippen LogP contribution in [-0.4, -0.2) is 95.8 Å². The molecular weight excluding hydrogens is 496 g/mol. The van der Waals surface area contributed by atoms with Gasteiger partial charge in [-0.25, -0.2) is 4.79 Å². The summed E-state index contributed by atoms with van der Waals surface area (Å²) < 4.78 is 4.94. The number of carbonyl (C=O) groups excluding carboxylic acids is 4. The fourth-order valence-electron chi connectivity index (χ4n) is 5.84. The molecule has 3 amide bonds. The Hall–Kier alpha value is -2.42. The van der Waals surface area contributed by atoms with Crippen molar-refractivity contribution in [3.8, 4) is 0 Å². The third-order valence-corrected chi connectivity index (χ3v) is 8.21. The number of methoxy groups -OCH3 is 1. The van der Waals surface area contributed by atoms with Crippen LogP contribution in [0.5, 0.6) is 0 Å². The van der Waals surface area contributed by atoms with Gasteiger partial charge in [-0.2, -0.15) is 0 Å². The fourth-order valence-corrected chi connectivity index (χ4v) is 5.84. The highest BCUT2D eigenvalue weighted by Gasteiger charge is 2.37. The first kappa shape index (κ1) is 32.8. The van der Waals surface area contributed by atoms with Crippen LogP contribution < -0.4 is 5.32 Å². The van der Waals surface area contributed by atoms with E-state index in [4.69, 9.17) is 4.74 Å². The standard InChI is InChI=1S/C30H52N4O5/c1-19(2)25(18-22(7)28(36)34-17-13-11-15-24(34)30(38)39-9)32(8)29(37)26(20(3)4)31-27(35)23-14-10-12-16-33(23)21(5)6/h18-21,23-26H,10-17H2,1-9H3,(H,31,35)/t23-,24?,25?,26+/m1/s1. The van der Waals surface area contributed by atoms with Crippen LogP contribution in [0.25, 0.3) is 0 Å². The second kappa shape index (κ2) is 14.8. The van der Waals surface area contributed by atoms with Gasteiger partial charge in [0.05, 0.1) is 19.2 Å². The second-order valence-electron chi connectivity index (χ2n) is 12.1. The van der Waals surface area contributed by atoms with Gasteiger partial charge in [-0.1, -0.05) is 40.2 Å². The van der Waals surface area contributed by atoms with Crippen LogP contribution in [-0.2, 0) is 23.9 Å². The maximum atomic E-state index is 13.8. The van der Waals surface area contributed by atoms with Gasteiger partial charge in [0.1, 0.15) is 12.1 Å². The topological polar surface area (TPSA) is 99.3 Å². The van der Waals surface area contributed by atoms with Gasteiger partial charge in [0.15, 0.2) is 0 Å². The molecule has 0 spiro atoms. The number of hydrogen-bond acceptors (Lipinski definition) is 6. The van der Waals surface area contributed by atoms with Gasteiger partial charge in [0.2, 0.25) is 17.7 Å². The predicted octanol–water partition coefficient (Wildman–Crippen LogP) is 3.37. The molecule has 0 radical (unpaired) electrons. The summed E-state index contributed by atoms with van der Waals surface area (Å²) >= 11 is 0. The normalized spacial score (nSPS) is 22.6. The van der Waals surface area contributed by atoms with E-state index in [1.165, 1.54) is 7.11 Å². The maximum Gasteiger partial charge on any atom is 0.328 e. The first-order chi connectivity index (χ1) is 18.3. The molecule has 2 aliphatic heterocycles. The van der Waals surface area contributed by atoms with Crippen molar-refractivity contribution < 1.29 is 23.9 Å². The zero-order valence-electron chi connectivity index (χ0n) is 25.7. The molecule has 0 aromatic heterocycles. The fraction of sp³-hybridized carbons (Fsp3) is 0.800. The Morgan fingerprint density at radius 3 is 2.03 bits per heavy atom. The van der Waals surface area contributed by atoms with Gasteiger partial charge in [-0.3, -0.25) is 19.3 Å². The van der Waals surface area contributed by atoms with Crippen molar-refractivity contribution in [2.24, 2.45) is 11.8 Å². The van der Waals surface area contributed by atoms with Crippen molar-refractivity contribution in [3.63, 3.8) is 0 Å². The van der Waals surface area contributed by atoms with Crippen molar-refractivity contribution in [1.82, 2.24) is 20.0 Å². The molecule has 2 unspecified atom stereocenters. The molecule has 2 fully saturated rings. The molecule has 2 rings (SSSR count). The van der Waals surface area contributed by atoms with Gasteiger partial charge >= 0.3 is 5.97 Å². The molecule has 4 atom stereocenters. The van der Waals surface area contributed by atoms with E-state index in [0.717, 1.165) is 38.6 Å². The molecule has 39 heavy (non-hydrogen) atoms. The van der Waals surface area contributed by atoms with E-state index in [1.807, 2.05) is 33.8 Å². The predicted molar refractivity (Wildman–Crippen MR) is 153 cm³/mol. The quantitative estimate of drug-likeness (QED) is 0.332. The molecule has 2 heterocycles. The van der Waals surface area contributed by atoms with Gasteiger partial charge in [-0.15, -0.1) is 0 Å². The van der Waals surface area contributed by atoms with Crippen LogP contribution in [0.15, 0.2) is 11.6 Å². The molecule has 2 saturated heterocycles. The minimum atomic E-state index is -0.671. The van der Waals surface area contributed by atoms with E-state index in [-0.39, 0.29) is 47.7 Å². The maximum absolute atomic E-state index is 13.8. The number of amides is 3. The molecule has 1 N–H and O–H groups in total. The smallest absolute Gasteiger partial charge is 0.328 e. The van der Waals surface area contributed by atoms with E-state index in [1.54, 1.807) is 23.8 Å². The number of nitrogens with zero attached hydrogens (tertiary/aromatic N) is 3. The zero-order chi connectivity index (χ0) is 29.4. The van der Waals surface area contributed by atoms with E-state index in [0.29, 0.717) is 18.5 Å². The van der Waals surface area contributed by atoms with Crippen molar-refractivity contribution in [3.05, 3.63) is 11.6 Å². The molecule has 9 heteroatoms. The first-order valence-electron chi connectivity index (χ1n) is 14.7. The molecule has 0 bridgehead atoms. The second-order valence-corrected chi connectivity index (χ2v) is 12.1. The third-order valence-electron chi connectivity index (χ3n) is 8.21. The lowest BCUT2D eigenvalue weighted by molar-refractivity contribution is -0.153. The Bertz CT molecular complexity index is 900.